The van der Waals surface area contributed by atoms with Crippen LogP contribution in [0.25, 0.3) is 0 Å². The zero-order valence-electron chi connectivity index (χ0n) is 12.1. The Balaban J connectivity index is 1.62. The largest absolute Gasteiger partial charge is 0.388 e. The van der Waals surface area contributed by atoms with Gasteiger partial charge < -0.3 is 10.4 Å². The zero-order valence-corrected chi connectivity index (χ0v) is 12.1. The van der Waals surface area contributed by atoms with Crippen LogP contribution < -0.4 is 5.32 Å². The fourth-order valence-electron chi connectivity index (χ4n) is 2.97. The Morgan fingerprint density at radius 1 is 1.27 bits per heavy atom. The van der Waals surface area contributed by atoms with Crippen molar-refractivity contribution in [3.05, 3.63) is 71.0 Å². The highest BCUT2D eigenvalue weighted by atomic mass is 19.1. The van der Waals surface area contributed by atoms with Crippen molar-refractivity contribution in [2.24, 2.45) is 0 Å². The van der Waals surface area contributed by atoms with Crippen LogP contribution in [0.15, 0.2) is 48.5 Å². The van der Waals surface area contributed by atoms with Crippen LogP contribution in [-0.4, -0.2) is 11.0 Å². The summed E-state index contributed by atoms with van der Waals surface area (Å²) in [6.45, 7) is 0. The highest BCUT2D eigenvalue weighted by Gasteiger charge is 2.24. The Labute approximate surface area is 128 Å². The molecular formula is C18H18FNO2. The molecule has 2 aromatic rings. The van der Waals surface area contributed by atoms with Crippen LogP contribution in [0, 0.1) is 5.82 Å². The molecular weight excluding hydrogens is 281 g/mol. The zero-order chi connectivity index (χ0) is 15.5. The first-order valence-electron chi connectivity index (χ1n) is 7.44. The molecule has 0 radical (unpaired) electrons. The molecule has 0 saturated carbocycles. The number of aliphatic hydroxyl groups is 1. The van der Waals surface area contributed by atoms with E-state index in [9.17, 15) is 14.3 Å². The predicted octanol–water partition coefficient (Wildman–Crippen LogP) is 3.05. The van der Waals surface area contributed by atoms with Gasteiger partial charge in [0.1, 0.15) is 5.82 Å². The molecule has 2 N–H and O–H groups in total. The Morgan fingerprint density at radius 2 is 2.09 bits per heavy atom. The minimum atomic E-state index is -0.993. The molecule has 0 fully saturated rings. The molecule has 3 nitrogen and oxygen atoms in total. The summed E-state index contributed by atoms with van der Waals surface area (Å²) in [4.78, 5) is 12.1. The quantitative estimate of drug-likeness (QED) is 0.911. The molecule has 1 aliphatic carbocycles. The first kappa shape index (κ1) is 14.7. The molecule has 22 heavy (non-hydrogen) atoms. The highest BCUT2D eigenvalue weighted by Crippen LogP contribution is 2.31. The van der Waals surface area contributed by atoms with E-state index in [2.05, 4.69) is 11.4 Å². The van der Waals surface area contributed by atoms with E-state index in [4.69, 9.17) is 0 Å². The average Bonchev–Trinajstić information content (AvgIpc) is 2.90. The number of aliphatic hydroxyl groups excluding tert-OH is 1. The molecule has 114 valence electrons. The number of carbonyl (C=O) groups excluding carboxylic acids is 1. The van der Waals surface area contributed by atoms with Gasteiger partial charge in [0.05, 0.1) is 18.6 Å². The van der Waals surface area contributed by atoms with Crippen molar-refractivity contribution >= 4 is 5.91 Å². The maximum Gasteiger partial charge on any atom is 0.223 e. The van der Waals surface area contributed by atoms with Crippen LogP contribution in [0.1, 0.15) is 41.7 Å². The SMILES string of the molecule is O=C(CC(O)c1cccc(F)c1)NC1CCc2ccccc21. The van der Waals surface area contributed by atoms with Gasteiger partial charge in [-0.25, -0.2) is 4.39 Å². The summed E-state index contributed by atoms with van der Waals surface area (Å²) in [5, 5.41) is 13.0. The lowest BCUT2D eigenvalue weighted by Gasteiger charge is -2.16. The highest BCUT2D eigenvalue weighted by molar-refractivity contribution is 5.77. The molecule has 0 heterocycles. The summed E-state index contributed by atoms with van der Waals surface area (Å²) < 4.78 is 13.1. The van der Waals surface area contributed by atoms with Crippen LogP contribution in [0.5, 0.6) is 0 Å². The van der Waals surface area contributed by atoms with Crippen LogP contribution in [0.4, 0.5) is 4.39 Å². The lowest BCUT2D eigenvalue weighted by atomic mass is 10.0. The second-order valence-electron chi connectivity index (χ2n) is 5.63. The molecule has 2 atom stereocenters. The number of benzene rings is 2. The number of rotatable bonds is 4. The smallest absolute Gasteiger partial charge is 0.223 e. The number of hydrogen-bond donors (Lipinski definition) is 2. The molecule has 0 aliphatic heterocycles. The minimum Gasteiger partial charge on any atom is -0.388 e. The van der Waals surface area contributed by atoms with Crippen molar-refractivity contribution in [3.63, 3.8) is 0 Å². The summed E-state index contributed by atoms with van der Waals surface area (Å²) in [6, 6.07) is 13.8. The van der Waals surface area contributed by atoms with Gasteiger partial charge in [-0.3, -0.25) is 4.79 Å². The predicted molar refractivity (Wildman–Crippen MR) is 81.6 cm³/mol. The van der Waals surface area contributed by atoms with Gasteiger partial charge in [0.25, 0.3) is 0 Å². The Morgan fingerprint density at radius 3 is 2.91 bits per heavy atom. The third kappa shape index (κ3) is 3.17. The molecule has 2 unspecified atom stereocenters. The molecule has 0 saturated heterocycles. The lowest BCUT2D eigenvalue weighted by Crippen LogP contribution is -2.28. The van der Waals surface area contributed by atoms with Crippen molar-refractivity contribution in [2.45, 2.75) is 31.4 Å². The van der Waals surface area contributed by atoms with Gasteiger partial charge in [-0.1, -0.05) is 36.4 Å². The molecule has 1 aliphatic rings. The van der Waals surface area contributed by atoms with Crippen molar-refractivity contribution in [1.82, 2.24) is 5.32 Å². The second-order valence-corrected chi connectivity index (χ2v) is 5.63. The summed E-state index contributed by atoms with van der Waals surface area (Å²) in [5.74, 6) is -0.639. The molecule has 1 amide bonds. The van der Waals surface area contributed by atoms with Crippen LogP contribution in [0.3, 0.4) is 0 Å². The summed E-state index contributed by atoms with van der Waals surface area (Å²) in [5.41, 5.74) is 2.83. The number of aryl methyl sites for hydroxylation is 1. The molecule has 3 rings (SSSR count). The Bertz CT molecular complexity index is 686. The number of carbonyl (C=O) groups is 1. The topological polar surface area (TPSA) is 49.3 Å². The number of halogens is 1. The number of fused-ring (bicyclic) bond motifs is 1. The van der Waals surface area contributed by atoms with Crippen molar-refractivity contribution in [1.29, 1.82) is 0 Å². The van der Waals surface area contributed by atoms with E-state index >= 15 is 0 Å². The summed E-state index contributed by atoms with van der Waals surface area (Å²) >= 11 is 0. The second kappa shape index (κ2) is 6.28. The molecule has 0 bridgehead atoms. The van der Waals surface area contributed by atoms with E-state index < -0.39 is 11.9 Å². The van der Waals surface area contributed by atoms with Crippen LogP contribution in [0.2, 0.25) is 0 Å². The number of amides is 1. The van der Waals surface area contributed by atoms with Gasteiger partial charge in [0.15, 0.2) is 0 Å². The fourth-order valence-corrected chi connectivity index (χ4v) is 2.97. The van der Waals surface area contributed by atoms with Crippen LogP contribution in [-0.2, 0) is 11.2 Å². The van der Waals surface area contributed by atoms with E-state index in [0.29, 0.717) is 5.56 Å². The molecule has 2 aromatic carbocycles. The molecule has 0 spiro atoms. The maximum atomic E-state index is 13.1. The van der Waals surface area contributed by atoms with Gasteiger partial charge in [-0.15, -0.1) is 0 Å². The van der Waals surface area contributed by atoms with Gasteiger partial charge in [-0.05, 0) is 41.7 Å². The van der Waals surface area contributed by atoms with Gasteiger partial charge in [-0.2, -0.15) is 0 Å². The normalized spacial score (nSPS) is 17.8. The number of hydrogen-bond acceptors (Lipinski definition) is 2. The average molecular weight is 299 g/mol. The van der Waals surface area contributed by atoms with Crippen molar-refractivity contribution in [3.8, 4) is 0 Å². The Kier molecular flexibility index (Phi) is 4.20. The monoisotopic (exact) mass is 299 g/mol. The standard InChI is InChI=1S/C18H18FNO2/c19-14-6-3-5-13(10-14)17(21)11-18(22)20-16-9-8-12-4-1-2-7-15(12)16/h1-7,10,16-17,21H,8-9,11H2,(H,20,22). The Hall–Kier alpha value is -2.20. The third-order valence-corrected chi connectivity index (χ3v) is 4.08. The van der Waals surface area contributed by atoms with E-state index in [-0.39, 0.29) is 18.4 Å². The minimum absolute atomic E-state index is 0.00316. The van der Waals surface area contributed by atoms with Gasteiger partial charge in [0.2, 0.25) is 5.91 Å². The molecule has 0 aromatic heterocycles. The lowest BCUT2D eigenvalue weighted by molar-refractivity contribution is -0.123. The summed E-state index contributed by atoms with van der Waals surface area (Å²) in [7, 11) is 0. The van der Waals surface area contributed by atoms with Gasteiger partial charge >= 0.3 is 0 Å². The van der Waals surface area contributed by atoms with E-state index in [1.165, 1.54) is 23.8 Å². The fraction of sp³-hybridized carbons (Fsp3) is 0.278. The first-order chi connectivity index (χ1) is 10.6. The van der Waals surface area contributed by atoms with Crippen molar-refractivity contribution < 1.29 is 14.3 Å². The maximum absolute atomic E-state index is 13.1. The first-order valence-corrected chi connectivity index (χ1v) is 7.44. The van der Waals surface area contributed by atoms with Gasteiger partial charge in [0, 0.05) is 0 Å². The third-order valence-electron chi connectivity index (χ3n) is 4.08. The van der Waals surface area contributed by atoms with Crippen LogP contribution >= 0.6 is 0 Å². The number of nitrogens with one attached hydrogen (secondary N) is 1. The van der Waals surface area contributed by atoms with E-state index in [1.807, 2.05) is 18.2 Å². The van der Waals surface area contributed by atoms with E-state index in [1.54, 1.807) is 6.07 Å². The van der Waals surface area contributed by atoms with E-state index in [0.717, 1.165) is 18.4 Å². The molecule has 4 heteroatoms. The van der Waals surface area contributed by atoms with Crippen molar-refractivity contribution in [2.75, 3.05) is 0 Å². The summed E-state index contributed by atoms with van der Waals surface area (Å²) in [6.07, 6.45) is 0.768.